The number of nitrogens with one attached hydrogen (secondary N) is 1. The van der Waals surface area contributed by atoms with Crippen LogP contribution in [-0.4, -0.2) is 23.1 Å². The van der Waals surface area contributed by atoms with E-state index in [-0.39, 0.29) is 0 Å². The van der Waals surface area contributed by atoms with Gasteiger partial charge in [0.1, 0.15) is 17.4 Å². The van der Waals surface area contributed by atoms with Crippen LogP contribution >= 0.6 is 0 Å². The summed E-state index contributed by atoms with van der Waals surface area (Å²) in [7, 11) is 0. The second-order valence-corrected chi connectivity index (χ2v) is 5.40. The van der Waals surface area contributed by atoms with Crippen molar-refractivity contribution < 1.29 is 4.74 Å². The van der Waals surface area contributed by atoms with Gasteiger partial charge in [0.25, 0.3) is 0 Å². The molecule has 0 amide bonds. The highest BCUT2D eigenvalue weighted by Crippen LogP contribution is 2.33. The summed E-state index contributed by atoms with van der Waals surface area (Å²) in [4.78, 5) is 8.88. The first-order chi connectivity index (χ1) is 10.3. The van der Waals surface area contributed by atoms with E-state index >= 15 is 0 Å². The minimum absolute atomic E-state index is 0.468. The van der Waals surface area contributed by atoms with Gasteiger partial charge in [-0.3, -0.25) is 0 Å². The highest BCUT2D eigenvalue weighted by molar-refractivity contribution is 5.41. The Morgan fingerprint density at radius 2 is 2.14 bits per heavy atom. The standard InChI is InChI=1S/C17H21N3O/c1-3-14-10-17(20-12(2)19-14)18-11-13-8-9-21-16-7-5-4-6-15(13)16/h4-7,10,13H,3,8-9,11H2,1-2H3,(H,18,19,20). The smallest absolute Gasteiger partial charge is 0.129 e. The van der Waals surface area contributed by atoms with Crippen molar-refractivity contribution in [3.8, 4) is 5.75 Å². The van der Waals surface area contributed by atoms with Gasteiger partial charge in [-0.05, 0) is 31.4 Å². The van der Waals surface area contributed by atoms with E-state index in [1.165, 1.54) is 5.56 Å². The maximum Gasteiger partial charge on any atom is 0.129 e. The van der Waals surface area contributed by atoms with Crippen LogP contribution in [0.2, 0.25) is 0 Å². The molecule has 1 aliphatic heterocycles. The molecule has 0 spiro atoms. The lowest BCUT2D eigenvalue weighted by atomic mass is 9.93. The quantitative estimate of drug-likeness (QED) is 0.935. The molecule has 0 radical (unpaired) electrons. The molecule has 0 fully saturated rings. The molecular formula is C17H21N3O. The molecule has 0 saturated carbocycles. The van der Waals surface area contributed by atoms with Crippen LogP contribution in [0.3, 0.4) is 0 Å². The van der Waals surface area contributed by atoms with Crippen LogP contribution in [0.5, 0.6) is 5.75 Å². The Kier molecular flexibility index (Phi) is 4.04. The first-order valence-electron chi connectivity index (χ1n) is 7.56. The van der Waals surface area contributed by atoms with Gasteiger partial charge in [0.2, 0.25) is 0 Å². The molecule has 21 heavy (non-hydrogen) atoms. The van der Waals surface area contributed by atoms with E-state index in [1.54, 1.807) is 0 Å². The van der Waals surface area contributed by atoms with Crippen molar-refractivity contribution in [1.82, 2.24) is 9.97 Å². The van der Waals surface area contributed by atoms with Gasteiger partial charge in [-0.2, -0.15) is 0 Å². The number of hydrogen-bond donors (Lipinski definition) is 1. The summed E-state index contributed by atoms with van der Waals surface area (Å²) in [5.41, 5.74) is 2.37. The van der Waals surface area contributed by atoms with Crippen molar-refractivity contribution in [2.45, 2.75) is 32.6 Å². The Balaban J connectivity index is 1.73. The highest BCUT2D eigenvalue weighted by Gasteiger charge is 2.20. The fourth-order valence-electron chi connectivity index (χ4n) is 2.76. The zero-order valence-corrected chi connectivity index (χ0v) is 12.6. The van der Waals surface area contributed by atoms with E-state index in [2.05, 4.69) is 34.3 Å². The van der Waals surface area contributed by atoms with Crippen LogP contribution in [0.15, 0.2) is 30.3 Å². The third-order valence-corrected chi connectivity index (χ3v) is 3.87. The van der Waals surface area contributed by atoms with Gasteiger partial charge in [0, 0.05) is 24.2 Å². The molecule has 3 rings (SSSR count). The number of anilines is 1. The topological polar surface area (TPSA) is 47.0 Å². The minimum Gasteiger partial charge on any atom is -0.493 e. The third kappa shape index (κ3) is 3.15. The fraction of sp³-hybridized carbons (Fsp3) is 0.412. The zero-order chi connectivity index (χ0) is 14.7. The lowest BCUT2D eigenvalue weighted by molar-refractivity contribution is 0.270. The summed E-state index contributed by atoms with van der Waals surface area (Å²) in [6, 6.07) is 10.3. The van der Waals surface area contributed by atoms with Gasteiger partial charge in [-0.15, -0.1) is 0 Å². The maximum absolute atomic E-state index is 5.71. The summed E-state index contributed by atoms with van der Waals surface area (Å²) in [6.07, 6.45) is 1.97. The Hall–Kier alpha value is -2.10. The van der Waals surface area contributed by atoms with Gasteiger partial charge < -0.3 is 10.1 Å². The van der Waals surface area contributed by atoms with E-state index in [4.69, 9.17) is 4.74 Å². The fourth-order valence-corrected chi connectivity index (χ4v) is 2.76. The molecule has 1 aromatic heterocycles. The zero-order valence-electron chi connectivity index (χ0n) is 12.6. The maximum atomic E-state index is 5.71. The molecule has 1 atom stereocenters. The van der Waals surface area contributed by atoms with Crippen LogP contribution in [0.4, 0.5) is 5.82 Å². The molecular weight excluding hydrogens is 262 g/mol. The SMILES string of the molecule is CCc1cc(NCC2CCOc3ccccc32)nc(C)n1. The van der Waals surface area contributed by atoms with Crippen molar-refractivity contribution in [2.24, 2.45) is 0 Å². The van der Waals surface area contributed by atoms with E-state index in [9.17, 15) is 0 Å². The van der Waals surface area contributed by atoms with Gasteiger partial charge in [-0.25, -0.2) is 9.97 Å². The van der Waals surface area contributed by atoms with Crippen molar-refractivity contribution in [1.29, 1.82) is 0 Å². The number of aromatic nitrogens is 2. The highest BCUT2D eigenvalue weighted by atomic mass is 16.5. The second kappa shape index (κ2) is 6.12. The van der Waals surface area contributed by atoms with Crippen molar-refractivity contribution in [2.75, 3.05) is 18.5 Å². The number of aryl methyl sites for hydroxylation is 2. The molecule has 0 bridgehead atoms. The normalized spacial score (nSPS) is 17.0. The summed E-state index contributed by atoms with van der Waals surface area (Å²) < 4.78 is 5.71. The van der Waals surface area contributed by atoms with Crippen LogP contribution in [-0.2, 0) is 6.42 Å². The first-order valence-corrected chi connectivity index (χ1v) is 7.56. The molecule has 0 saturated heterocycles. The molecule has 1 aromatic carbocycles. The Morgan fingerprint density at radius 3 is 3.00 bits per heavy atom. The summed E-state index contributed by atoms with van der Waals surface area (Å²) in [5.74, 6) is 3.23. The van der Waals surface area contributed by atoms with E-state index in [1.807, 2.05) is 25.1 Å². The largest absolute Gasteiger partial charge is 0.493 e. The van der Waals surface area contributed by atoms with E-state index in [0.717, 1.165) is 49.1 Å². The minimum atomic E-state index is 0.468. The van der Waals surface area contributed by atoms with E-state index < -0.39 is 0 Å². The van der Waals surface area contributed by atoms with Crippen molar-refractivity contribution >= 4 is 5.82 Å². The molecule has 1 unspecified atom stereocenters. The second-order valence-electron chi connectivity index (χ2n) is 5.40. The Labute approximate surface area is 125 Å². The van der Waals surface area contributed by atoms with E-state index in [0.29, 0.717) is 5.92 Å². The van der Waals surface area contributed by atoms with Gasteiger partial charge in [0.15, 0.2) is 0 Å². The lowest BCUT2D eigenvalue weighted by Crippen LogP contribution is -2.21. The average Bonchev–Trinajstić information content (AvgIpc) is 2.52. The number of nitrogens with zero attached hydrogens (tertiary/aromatic N) is 2. The molecule has 2 aromatic rings. The summed E-state index contributed by atoms with van der Waals surface area (Å²) in [6.45, 7) is 5.71. The molecule has 2 heterocycles. The Morgan fingerprint density at radius 1 is 1.29 bits per heavy atom. The number of ether oxygens (including phenoxy) is 1. The van der Waals surface area contributed by atoms with Crippen LogP contribution in [0.1, 0.15) is 36.3 Å². The van der Waals surface area contributed by atoms with Crippen LogP contribution < -0.4 is 10.1 Å². The van der Waals surface area contributed by atoms with Gasteiger partial charge in [-0.1, -0.05) is 25.1 Å². The Bertz CT molecular complexity index is 627. The molecule has 4 nitrogen and oxygen atoms in total. The molecule has 0 aliphatic carbocycles. The number of hydrogen-bond acceptors (Lipinski definition) is 4. The number of rotatable bonds is 4. The van der Waals surface area contributed by atoms with Crippen molar-refractivity contribution in [3.63, 3.8) is 0 Å². The van der Waals surface area contributed by atoms with Crippen LogP contribution in [0.25, 0.3) is 0 Å². The van der Waals surface area contributed by atoms with Gasteiger partial charge in [0.05, 0.1) is 6.61 Å². The molecule has 1 N–H and O–H groups in total. The lowest BCUT2D eigenvalue weighted by Gasteiger charge is -2.26. The number of fused-ring (bicyclic) bond motifs is 1. The predicted molar refractivity (Wildman–Crippen MR) is 83.9 cm³/mol. The predicted octanol–water partition coefficient (Wildman–Crippen LogP) is 3.33. The summed E-state index contributed by atoms with van der Waals surface area (Å²) >= 11 is 0. The van der Waals surface area contributed by atoms with Crippen molar-refractivity contribution in [3.05, 3.63) is 47.4 Å². The number of para-hydroxylation sites is 1. The molecule has 110 valence electrons. The third-order valence-electron chi connectivity index (χ3n) is 3.87. The number of benzene rings is 1. The van der Waals surface area contributed by atoms with Crippen LogP contribution in [0, 0.1) is 6.92 Å². The molecule has 4 heteroatoms. The monoisotopic (exact) mass is 283 g/mol. The summed E-state index contributed by atoms with van der Waals surface area (Å²) in [5, 5.41) is 3.46. The molecule has 1 aliphatic rings. The first kappa shape index (κ1) is 13.9. The average molecular weight is 283 g/mol. The van der Waals surface area contributed by atoms with Gasteiger partial charge >= 0.3 is 0 Å².